The highest BCUT2D eigenvalue weighted by Crippen LogP contribution is 2.23. The summed E-state index contributed by atoms with van der Waals surface area (Å²) in [4.78, 5) is 37.8. The zero-order valence-corrected chi connectivity index (χ0v) is 15.7. The van der Waals surface area contributed by atoms with Crippen LogP contribution >= 0.6 is 23.2 Å². The number of carbonyl (C=O) groups excluding carboxylic acids is 1. The lowest BCUT2D eigenvalue weighted by molar-refractivity contribution is -0.134. The molecule has 1 aromatic carbocycles. The van der Waals surface area contributed by atoms with E-state index in [4.69, 9.17) is 23.2 Å². The van der Waals surface area contributed by atoms with Crippen LogP contribution in [0.25, 0.3) is 0 Å². The van der Waals surface area contributed by atoms with Crippen LogP contribution in [0.5, 0.6) is 0 Å². The molecule has 1 heterocycles. The van der Waals surface area contributed by atoms with Gasteiger partial charge in [-0.05, 0) is 31.5 Å². The lowest BCUT2D eigenvalue weighted by Crippen LogP contribution is -2.43. The maximum Gasteiger partial charge on any atom is 0.331 e. The Morgan fingerprint density at radius 1 is 1.16 bits per heavy atom. The fourth-order valence-corrected chi connectivity index (χ4v) is 2.69. The van der Waals surface area contributed by atoms with Gasteiger partial charge in [-0.3, -0.25) is 18.7 Å². The lowest BCUT2D eigenvalue weighted by Gasteiger charge is -2.27. The smallest absolute Gasteiger partial charge is 0.331 e. The number of benzene rings is 1. The summed E-state index contributed by atoms with van der Waals surface area (Å²) >= 11 is 11.9. The zero-order valence-electron chi connectivity index (χ0n) is 14.2. The van der Waals surface area contributed by atoms with Crippen LogP contribution in [0.4, 0.5) is 0 Å². The van der Waals surface area contributed by atoms with Crippen molar-refractivity contribution in [2.45, 2.75) is 33.0 Å². The Labute approximate surface area is 155 Å². The predicted molar refractivity (Wildman–Crippen MR) is 98.1 cm³/mol. The highest BCUT2D eigenvalue weighted by atomic mass is 35.5. The van der Waals surface area contributed by atoms with E-state index in [1.165, 1.54) is 23.9 Å². The van der Waals surface area contributed by atoms with E-state index in [9.17, 15) is 14.4 Å². The Bertz CT molecular complexity index is 903. The molecular formula is C17H19Cl2N3O3. The Balaban J connectivity index is 2.24. The largest absolute Gasteiger partial charge is 0.334 e. The number of aromatic nitrogens is 2. The molecule has 1 amide bonds. The predicted octanol–water partition coefficient (Wildman–Crippen LogP) is 2.29. The molecule has 0 spiro atoms. The minimum absolute atomic E-state index is 0.0785. The number of halogens is 2. The first-order chi connectivity index (χ1) is 11.7. The molecule has 6 nitrogen and oxygen atoms in total. The average Bonchev–Trinajstić information content (AvgIpc) is 2.56. The van der Waals surface area contributed by atoms with E-state index < -0.39 is 11.2 Å². The van der Waals surface area contributed by atoms with Gasteiger partial charge in [-0.1, -0.05) is 29.3 Å². The van der Waals surface area contributed by atoms with Crippen LogP contribution in [0, 0.1) is 0 Å². The van der Waals surface area contributed by atoms with Crippen LogP contribution in [-0.4, -0.2) is 26.0 Å². The van der Waals surface area contributed by atoms with E-state index in [0.29, 0.717) is 16.6 Å². The maximum absolute atomic E-state index is 12.7. The highest BCUT2D eigenvalue weighted by molar-refractivity contribution is 6.42. The van der Waals surface area contributed by atoms with Crippen molar-refractivity contribution >= 4 is 29.1 Å². The van der Waals surface area contributed by atoms with Gasteiger partial charge >= 0.3 is 5.69 Å². The quantitative estimate of drug-likeness (QED) is 0.795. The Kier molecular flexibility index (Phi) is 6.08. The van der Waals surface area contributed by atoms with Crippen molar-refractivity contribution in [2.24, 2.45) is 7.05 Å². The van der Waals surface area contributed by atoms with Gasteiger partial charge in [0.1, 0.15) is 6.54 Å². The Hall–Kier alpha value is -2.05. The van der Waals surface area contributed by atoms with Crippen molar-refractivity contribution in [1.29, 1.82) is 0 Å². The Morgan fingerprint density at radius 3 is 2.44 bits per heavy atom. The molecule has 0 radical (unpaired) electrons. The molecule has 0 aliphatic heterocycles. The molecule has 0 saturated heterocycles. The van der Waals surface area contributed by atoms with E-state index in [1.54, 1.807) is 23.1 Å². The molecule has 25 heavy (non-hydrogen) atoms. The summed E-state index contributed by atoms with van der Waals surface area (Å²) in [6.07, 6.45) is 1.33. The van der Waals surface area contributed by atoms with Crippen molar-refractivity contribution in [3.05, 3.63) is 66.9 Å². The molecule has 2 aromatic rings. The number of hydrogen-bond donors (Lipinski definition) is 0. The van der Waals surface area contributed by atoms with Crippen molar-refractivity contribution in [1.82, 2.24) is 14.0 Å². The molecule has 2 rings (SSSR count). The van der Waals surface area contributed by atoms with E-state index in [1.807, 2.05) is 13.8 Å². The number of amides is 1. The number of hydrogen-bond acceptors (Lipinski definition) is 3. The van der Waals surface area contributed by atoms with Gasteiger partial charge < -0.3 is 4.90 Å². The number of nitrogens with zero attached hydrogens (tertiary/aromatic N) is 3. The first kappa shape index (κ1) is 19.3. The molecule has 1 aromatic heterocycles. The lowest BCUT2D eigenvalue weighted by atomic mass is 10.2. The Morgan fingerprint density at radius 2 is 1.84 bits per heavy atom. The summed E-state index contributed by atoms with van der Waals surface area (Å²) in [6.45, 7) is 3.97. The molecule has 0 aliphatic carbocycles. The minimum Gasteiger partial charge on any atom is -0.334 e. The summed E-state index contributed by atoms with van der Waals surface area (Å²) in [5, 5.41) is 0.870. The SMILES string of the molecule is CC(C)N(Cc1ccc(Cl)c(Cl)c1)C(=O)Cn1ccc(=O)n(C)c1=O. The van der Waals surface area contributed by atoms with Gasteiger partial charge in [-0.15, -0.1) is 0 Å². The number of carbonyl (C=O) groups is 1. The molecular weight excluding hydrogens is 365 g/mol. The van der Waals surface area contributed by atoms with Gasteiger partial charge in [-0.25, -0.2) is 4.79 Å². The van der Waals surface area contributed by atoms with Gasteiger partial charge in [0.2, 0.25) is 5.91 Å². The molecule has 0 N–H and O–H groups in total. The maximum atomic E-state index is 12.7. The van der Waals surface area contributed by atoms with Crippen LogP contribution in [0.3, 0.4) is 0 Å². The molecule has 0 saturated carbocycles. The van der Waals surface area contributed by atoms with Crippen molar-refractivity contribution in [3.8, 4) is 0 Å². The van der Waals surface area contributed by atoms with Crippen LogP contribution in [-0.2, 0) is 24.9 Å². The normalized spacial score (nSPS) is 11.0. The van der Waals surface area contributed by atoms with E-state index in [0.717, 1.165) is 10.1 Å². The molecule has 0 aliphatic rings. The van der Waals surface area contributed by atoms with Crippen molar-refractivity contribution < 1.29 is 4.79 Å². The van der Waals surface area contributed by atoms with Crippen molar-refractivity contribution in [2.75, 3.05) is 0 Å². The van der Waals surface area contributed by atoms with E-state index in [-0.39, 0.29) is 18.5 Å². The first-order valence-corrected chi connectivity index (χ1v) is 8.46. The topological polar surface area (TPSA) is 64.3 Å². The summed E-state index contributed by atoms with van der Waals surface area (Å²) in [5.41, 5.74) is -0.103. The van der Waals surface area contributed by atoms with Crippen LogP contribution in [0.1, 0.15) is 19.4 Å². The zero-order chi connectivity index (χ0) is 18.7. The molecule has 8 heteroatoms. The molecule has 0 bridgehead atoms. The van der Waals surface area contributed by atoms with Gasteiger partial charge in [-0.2, -0.15) is 0 Å². The van der Waals surface area contributed by atoms with Gasteiger partial charge in [0.25, 0.3) is 5.56 Å². The summed E-state index contributed by atoms with van der Waals surface area (Å²) in [7, 11) is 1.38. The molecule has 0 fully saturated rings. The standard InChI is InChI=1S/C17H19Cl2N3O3/c1-11(2)22(9-12-4-5-13(18)14(19)8-12)16(24)10-21-7-6-15(23)20(3)17(21)25/h4-8,11H,9-10H2,1-3H3. The number of rotatable bonds is 5. The van der Waals surface area contributed by atoms with Crippen molar-refractivity contribution in [3.63, 3.8) is 0 Å². The second kappa shape index (κ2) is 7.89. The first-order valence-electron chi connectivity index (χ1n) is 7.70. The third-order valence-electron chi connectivity index (χ3n) is 3.85. The third kappa shape index (κ3) is 4.52. The van der Waals surface area contributed by atoms with E-state index >= 15 is 0 Å². The molecule has 0 unspecified atom stereocenters. The van der Waals surface area contributed by atoms with Crippen LogP contribution in [0.2, 0.25) is 10.0 Å². The van der Waals surface area contributed by atoms with Crippen LogP contribution < -0.4 is 11.2 Å². The van der Waals surface area contributed by atoms with Gasteiger partial charge in [0, 0.05) is 31.9 Å². The third-order valence-corrected chi connectivity index (χ3v) is 4.59. The fraction of sp³-hybridized carbons (Fsp3) is 0.353. The monoisotopic (exact) mass is 383 g/mol. The summed E-state index contributed by atoms with van der Waals surface area (Å²) in [5.74, 6) is -0.234. The van der Waals surface area contributed by atoms with Gasteiger partial charge in [0.15, 0.2) is 0 Å². The summed E-state index contributed by atoms with van der Waals surface area (Å²) in [6, 6.07) is 6.37. The highest BCUT2D eigenvalue weighted by Gasteiger charge is 2.19. The second-order valence-electron chi connectivity index (χ2n) is 5.99. The summed E-state index contributed by atoms with van der Waals surface area (Å²) < 4.78 is 2.18. The average molecular weight is 384 g/mol. The molecule has 0 atom stereocenters. The second-order valence-corrected chi connectivity index (χ2v) is 6.80. The van der Waals surface area contributed by atoms with Gasteiger partial charge in [0.05, 0.1) is 10.0 Å². The van der Waals surface area contributed by atoms with Crippen LogP contribution in [0.15, 0.2) is 40.1 Å². The minimum atomic E-state index is -0.529. The van der Waals surface area contributed by atoms with E-state index in [2.05, 4.69) is 0 Å². The molecule has 134 valence electrons. The fourth-order valence-electron chi connectivity index (χ4n) is 2.37.